The first-order valence-electron chi connectivity index (χ1n) is 6.69. The van der Waals surface area contributed by atoms with Crippen LogP contribution >= 0.6 is 0 Å². The van der Waals surface area contributed by atoms with E-state index in [1.165, 1.54) is 6.92 Å². The summed E-state index contributed by atoms with van der Waals surface area (Å²) in [5.41, 5.74) is 1.95. The zero-order valence-electron chi connectivity index (χ0n) is 11.9. The third kappa shape index (κ3) is 3.93. The maximum atomic E-state index is 11.1. The molecule has 106 valence electrons. The quantitative estimate of drug-likeness (QED) is 0.787. The van der Waals surface area contributed by atoms with Crippen LogP contribution in [0.25, 0.3) is 0 Å². The van der Waals surface area contributed by atoms with Crippen LogP contribution in [0.5, 0.6) is 0 Å². The number of para-hydroxylation sites is 1. The van der Waals surface area contributed by atoms with Gasteiger partial charge in [0.05, 0.1) is 0 Å². The lowest BCUT2D eigenvalue weighted by Crippen LogP contribution is -2.19. The average molecular weight is 272 g/mol. The van der Waals surface area contributed by atoms with Gasteiger partial charge >= 0.3 is 0 Å². The summed E-state index contributed by atoms with van der Waals surface area (Å²) in [6, 6.07) is 7.82. The maximum Gasteiger partial charge on any atom is 0.221 e. The lowest BCUT2D eigenvalue weighted by atomic mass is 10.1. The average Bonchev–Trinajstić information content (AvgIpc) is 2.81. The molecule has 0 fully saturated rings. The first-order valence-corrected chi connectivity index (χ1v) is 6.69. The SMILES string of the molecule is CC(=O)Nc1ccccc1CNCCc1nccn1C. The molecular weight excluding hydrogens is 252 g/mol. The summed E-state index contributed by atoms with van der Waals surface area (Å²) in [5, 5.41) is 6.22. The fourth-order valence-electron chi connectivity index (χ4n) is 2.05. The van der Waals surface area contributed by atoms with Crippen molar-refractivity contribution in [1.29, 1.82) is 0 Å². The van der Waals surface area contributed by atoms with Crippen molar-refractivity contribution < 1.29 is 4.79 Å². The number of nitrogens with zero attached hydrogens (tertiary/aromatic N) is 2. The minimum Gasteiger partial charge on any atom is -0.338 e. The van der Waals surface area contributed by atoms with Gasteiger partial charge in [0.2, 0.25) is 5.91 Å². The van der Waals surface area contributed by atoms with E-state index in [1.807, 2.05) is 42.1 Å². The molecule has 0 saturated carbocycles. The molecule has 1 heterocycles. The summed E-state index contributed by atoms with van der Waals surface area (Å²) < 4.78 is 2.02. The zero-order chi connectivity index (χ0) is 14.4. The molecule has 20 heavy (non-hydrogen) atoms. The highest BCUT2D eigenvalue weighted by Crippen LogP contribution is 2.14. The van der Waals surface area contributed by atoms with Gasteiger partial charge in [-0.15, -0.1) is 0 Å². The molecule has 0 bridgehead atoms. The Morgan fingerprint density at radius 2 is 2.15 bits per heavy atom. The summed E-state index contributed by atoms with van der Waals surface area (Å²) >= 11 is 0. The topological polar surface area (TPSA) is 59.0 Å². The van der Waals surface area contributed by atoms with Gasteiger partial charge in [0, 0.05) is 51.6 Å². The molecule has 0 saturated heterocycles. The second-order valence-corrected chi connectivity index (χ2v) is 4.72. The summed E-state index contributed by atoms with van der Waals surface area (Å²) in [6.07, 6.45) is 4.63. The Labute approximate surface area is 119 Å². The number of hydrogen-bond acceptors (Lipinski definition) is 3. The molecule has 0 unspecified atom stereocenters. The Morgan fingerprint density at radius 3 is 2.85 bits per heavy atom. The molecular formula is C15H20N4O. The van der Waals surface area contributed by atoms with Gasteiger partial charge in [-0.1, -0.05) is 18.2 Å². The number of carbonyl (C=O) groups is 1. The number of benzene rings is 1. The van der Waals surface area contributed by atoms with Crippen molar-refractivity contribution in [2.24, 2.45) is 7.05 Å². The van der Waals surface area contributed by atoms with Crippen molar-refractivity contribution in [3.63, 3.8) is 0 Å². The van der Waals surface area contributed by atoms with E-state index in [1.54, 1.807) is 6.20 Å². The van der Waals surface area contributed by atoms with Gasteiger partial charge in [-0.3, -0.25) is 4.79 Å². The number of nitrogens with one attached hydrogen (secondary N) is 2. The molecule has 0 atom stereocenters. The molecule has 1 aromatic carbocycles. The molecule has 1 amide bonds. The van der Waals surface area contributed by atoms with E-state index in [0.29, 0.717) is 0 Å². The van der Waals surface area contributed by atoms with Crippen molar-refractivity contribution in [1.82, 2.24) is 14.9 Å². The number of anilines is 1. The van der Waals surface area contributed by atoms with E-state index in [9.17, 15) is 4.79 Å². The number of rotatable bonds is 6. The van der Waals surface area contributed by atoms with Crippen molar-refractivity contribution in [2.45, 2.75) is 19.9 Å². The summed E-state index contributed by atoms with van der Waals surface area (Å²) in [7, 11) is 1.99. The third-order valence-electron chi connectivity index (χ3n) is 3.09. The monoisotopic (exact) mass is 272 g/mol. The van der Waals surface area contributed by atoms with Crippen LogP contribution in [0.3, 0.4) is 0 Å². The third-order valence-corrected chi connectivity index (χ3v) is 3.09. The van der Waals surface area contributed by atoms with Gasteiger partial charge in [0.1, 0.15) is 5.82 Å². The molecule has 0 aliphatic rings. The number of hydrogen-bond donors (Lipinski definition) is 2. The van der Waals surface area contributed by atoms with Gasteiger partial charge in [-0.25, -0.2) is 4.98 Å². The second kappa shape index (κ2) is 6.86. The van der Waals surface area contributed by atoms with E-state index >= 15 is 0 Å². The van der Waals surface area contributed by atoms with E-state index in [4.69, 9.17) is 0 Å². The molecule has 2 aromatic rings. The molecule has 0 spiro atoms. The minimum absolute atomic E-state index is 0.0505. The van der Waals surface area contributed by atoms with Crippen molar-refractivity contribution >= 4 is 11.6 Å². The number of amides is 1. The van der Waals surface area contributed by atoms with Crippen LogP contribution in [-0.4, -0.2) is 22.0 Å². The first kappa shape index (κ1) is 14.3. The Kier molecular flexibility index (Phi) is 4.90. The Balaban J connectivity index is 1.85. The van der Waals surface area contributed by atoms with Crippen LogP contribution < -0.4 is 10.6 Å². The highest BCUT2D eigenvalue weighted by molar-refractivity contribution is 5.89. The van der Waals surface area contributed by atoms with E-state index in [-0.39, 0.29) is 5.91 Å². The van der Waals surface area contributed by atoms with Crippen LogP contribution in [0.2, 0.25) is 0 Å². The van der Waals surface area contributed by atoms with Crippen LogP contribution in [0.1, 0.15) is 18.3 Å². The van der Waals surface area contributed by atoms with Crippen LogP contribution in [0.15, 0.2) is 36.7 Å². The first-order chi connectivity index (χ1) is 9.66. The van der Waals surface area contributed by atoms with Crippen molar-refractivity contribution in [3.05, 3.63) is 48.0 Å². The predicted octanol–water partition coefficient (Wildman–Crippen LogP) is 1.71. The molecule has 0 radical (unpaired) electrons. The number of aromatic nitrogens is 2. The molecule has 2 rings (SSSR count). The van der Waals surface area contributed by atoms with Gasteiger partial charge in [-0.2, -0.15) is 0 Å². The lowest BCUT2D eigenvalue weighted by Gasteiger charge is -2.10. The molecule has 2 N–H and O–H groups in total. The lowest BCUT2D eigenvalue weighted by molar-refractivity contribution is -0.114. The van der Waals surface area contributed by atoms with Crippen LogP contribution in [0.4, 0.5) is 5.69 Å². The highest BCUT2D eigenvalue weighted by atomic mass is 16.1. The molecule has 0 aliphatic carbocycles. The fourth-order valence-corrected chi connectivity index (χ4v) is 2.05. The molecule has 0 aliphatic heterocycles. The molecule has 5 nitrogen and oxygen atoms in total. The Morgan fingerprint density at radius 1 is 1.35 bits per heavy atom. The van der Waals surface area contributed by atoms with Crippen LogP contribution in [-0.2, 0) is 24.8 Å². The van der Waals surface area contributed by atoms with E-state index in [0.717, 1.165) is 36.6 Å². The maximum absolute atomic E-state index is 11.1. The van der Waals surface area contributed by atoms with Gasteiger partial charge in [0.15, 0.2) is 0 Å². The smallest absolute Gasteiger partial charge is 0.221 e. The van der Waals surface area contributed by atoms with Gasteiger partial charge < -0.3 is 15.2 Å². The van der Waals surface area contributed by atoms with E-state index < -0.39 is 0 Å². The Bertz CT molecular complexity index is 577. The fraction of sp³-hybridized carbons (Fsp3) is 0.333. The normalized spacial score (nSPS) is 10.5. The largest absolute Gasteiger partial charge is 0.338 e. The zero-order valence-corrected chi connectivity index (χ0v) is 11.9. The summed E-state index contributed by atoms with van der Waals surface area (Å²) in [5.74, 6) is 1.01. The summed E-state index contributed by atoms with van der Waals surface area (Å²) in [6.45, 7) is 3.09. The van der Waals surface area contributed by atoms with Crippen molar-refractivity contribution in [3.8, 4) is 0 Å². The van der Waals surface area contributed by atoms with Gasteiger partial charge in [-0.05, 0) is 11.6 Å². The predicted molar refractivity (Wildman–Crippen MR) is 79.4 cm³/mol. The Hall–Kier alpha value is -2.14. The minimum atomic E-state index is -0.0505. The molecule has 1 aromatic heterocycles. The van der Waals surface area contributed by atoms with Crippen molar-refractivity contribution in [2.75, 3.05) is 11.9 Å². The second-order valence-electron chi connectivity index (χ2n) is 4.72. The summed E-state index contributed by atoms with van der Waals surface area (Å²) in [4.78, 5) is 15.4. The standard InChI is InChI=1S/C15H20N4O/c1-12(20)18-14-6-4-3-5-13(14)11-16-8-7-15-17-9-10-19(15)2/h3-6,9-10,16H,7-8,11H2,1-2H3,(H,18,20). The molecule has 5 heteroatoms. The number of aryl methyl sites for hydroxylation is 1. The number of carbonyl (C=O) groups excluding carboxylic acids is 1. The number of imidazole rings is 1. The van der Waals surface area contributed by atoms with Gasteiger partial charge in [0.25, 0.3) is 0 Å². The highest BCUT2D eigenvalue weighted by Gasteiger charge is 2.03. The van der Waals surface area contributed by atoms with E-state index in [2.05, 4.69) is 15.6 Å². The van der Waals surface area contributed by atoms with Crippen LogP contribution in [0, 0.1) is 0 Å².